The quantitative estimate of drug-likeness (QED) is 0.545. The highest BCUT2D eigenvalue weighted by molar-refractivity contribution is 14.1. The van der Waals surface area contributed by atoms with Gasteiger partial charge in [-0.05, 0) is 62.4 Å². The number of halogens is 2. The monoisotopic (exact) mass is 451 g/mol. The molecule has 0 aliphatic carbocycles. The maximum atomic E-state index is 12.4. The molecule has 1 atom stereocenters. The zero-order valence-corrected chi connectivity index (χ0v) is 15.4. The van der Waals surface area contributed by atoms with Gasteiger partial charge < -0.3 is 4.74 Å². The van der Waals surface area contributed by atoms with E-state index in [0.717, 1.165) is 13.6 Å². The van der Waals surface area contributed by atoms with Crippen LogP contribution < -0.4 is 0 Å². The first-order chi connectivity index (χ1) is 9.11. The van der Waals surface area contributed by atoms with Crippen molar-refractivity contribution >= 4 is 50.5 Å². The van der Waals surface area contributed by atoms with Crippen molar-refractivity contribution in [2.45, 2.75) is 39.3 Å². The van der Waals surface area contributed by atoms with E-state index in [1.807, 2.05) is 13.0 Å². The first kappa shape index (κ1) is 15.8. The Morgan fingerprint density at radius 3 is 2.55 bits per heavy atom. The average Bonchev–Trinajstić information content (AvgIpc) is 2.48. The maximum absolute atomic E-state index is 12.4. The van der Waals surface area contributed by atoms with Crippen LogP contribution in [0.15, 0.2) is 16.6 Å². The molecule has 108 valence electrons. The smallest absolute Gasteiger partial charge is 0.417 e. The molecule has 6 heteroatoms. The van der Waals surface area contributed by atoms with Crippen LogP contribution >= 0.6 is 38.5 Å². The molecule has 0 radical (unpaired) electrons. The van der Waals surface area contributed by atoms with Crippen molar-refractivity contribution in [2.24, 2.45) is 0 Å². The lowest BCUT2D eigenvalue weighted by Gasteiger charge is -2.26. The Kier molecular flexibility index (Phi) is 4.17. The van der Waals surface area contributed by atoms with E-state index in [2.05, 4.69) is 38.5 Å². The average molecular weight is 452 g/mol. The topological polar surface area (TPSA) is 46.6 Å². The Balaban J connectivity index is 2.40. The number of rotatable bonds is 0. The molecule has 0 aromatic heterocycles. The molecule has 2 amide bonds. The summed E-state index contributed by atoms with van der Waals surface area (Å²) in [5.74, 6) is -0.305. The zero-order chi connectivity index (χ0) is 15.2. The van der Waals surface area contributed by atoms with E-state index in [4.69, 9.17) is 4.74 Å². The van der Waals surface area contributed by atoms with Gasteiger partial charge in [-0.15, -0.1) is 0 Å². The number of ether oxygens (including phenoxy) is 1. The Morgan fingerprint density at radius 1 is 1.40 bits per heavy atom. The molecule has 1 unspecified atom stereocenters. The molecule has 20 heavy (non-hydrogen) atoms. The summed E-state index contributed by atoms with van der Waals surface area (Å²) in [4.78, 5) is 25.8. The van der Waals surface area contributed by atoms with E-state index in [-0.39, 0.29) is 11.9 Å². The highest BCUT2D eigenvalue weighted by Crippen LogP contribution is 2.38. The van der Waals surface area contributed by atoms with Crippen LogP contribution in [-0.2, 0) is 4.74 Å². The number of imide groups is 1. The fraction of sp³-hybridized carbons (Fsp3) is 0.429. The van der Waals surface area contributed by atoms with E-state index in [0.29, 0.717) is 5.56 Å². The molecule has 0 spiro atoms. The SMILES string of the molecule is CC1c2c(I)cc(Br)cc2C(=O)N1C(=O)OC(C)(C)C. The second-order valence-electron chi connectivity index (χ2n) is 5.68. The third-order valence-corrected chi connectivity index (χ3v) is 4.29. The highest BCUT2D eigenvalue weighted by atomic mass is 127. The lowest BCUT2D eigenvalue weighted by molar-refractivity contribution is 0.0202. The van der Waals surface area contributed by atoms with E-state index in [1.165, 1.54) is 4.90 Å². The van der Waals surface area contributed by atoms with Gasteiger partial charge in [-0.2, -0.15) is 0 Å². The van der Waals surface area contributed by atoms with Crippen molar-refractivity contribution in [1.82, 2.24) is 4.90 Å². The first-order valence-electron chi connectivity index (χ1n) is 6.17. The van der Waals surface area contributed by atoms with Crippen LogP contribution in [0.1, 0.15) is 49.7 Å². The molecule has 0 N–H and O–H groups in total. The molecule has 1 aromatic rings. The summed E-state index contributed by atoms with van der Waals surface area (Å²) >= 11 is 5.55. The van der Waals surface area contributed by atoms with Gasteiger partial charge >= 0.3 is 6.09 Å². The minimum Gasteiger partial charge on any atom is -0.443 e. The van der Waals surface area contributed by atoms with E-state index < -0.39 is 11.7 Å². The number of carbonyl (C=O) groups is 2. The number of carbonyl (C=O) groups excluding carboxylic acids is 2. The van der Waals surface area contributed by atoms with Crippen LogP contribution in [0, 0.1) is 3.57 Å². The third-order valence-electron chi connectivity index (χ3n) is 2.94. The molecule has 0 fully saturated rings. The van der Waals surface area contributed by atoms with Crippen molar-refractivity contribution in [3.63, 3.8) is 0 Å². The molecular weight excluding hydrogens is 437 g/mol. The molecule has 1 heterocycles. The summed E-state index contributed by atoms with van der Waals surface area (Å²) in [6.45, 7) is 7.18. The van der Waals surface area contributed by atoms with Gasteiger partial charge in [0.25, 0.3) is 5.91 Å². The number of amides is 2. The zero-order valence-electron chi connectivity index (χ0n) is 11.7. The van der Waals surface area contributed by atoms with Crippen molar-refractivity contribution < 1.29 is 14.3 Å². The second kappa shape index (κ2) is 5.29. The molecule has 1 aliphatic heterocycles. The van der Waals surface area contributed by atoms with Crippen LogP contribution in [0.5, 0.6) is 0 Å². The van der Waals surface area contributed by atoms with E-state index in [1.54, 1.807) is 26.8 Å². The third kappa shape index (κ3) is 2.86. The van der Waals surface area contributed by atoms with Crippen LogP contribution in [0.2, 0.25) is 0 Å². The number of hydrogen-bond donors (Lipinski definition) is 0. The van der Waals surface area contributed by atoms with Crippen molar-refractivity contribution in [2.75, 3.05) is 0 Å². The number of hydrogen-bond acceptors (Lipinski definition) is 3. The molecule has 0 saturated heterocycles. The molecule has 0 saturated carbocycles. The van der Waals surface area contributed by atoms with Gasteiger partial charge in [0.15, 0.2) is 0 Å². The highest BCUT2D eigenvalue weighted by Gasteiger charge is 2.41. The van der Waals surface area contributed by atoms with Crippen LogP contribution in [0.25, 0.3) is 0 Å². The van der Waals surface area contributed by atoms with Gasteiger partial charge in [-0.3, -0.25) is 4.79 Å². The normalized spacial score (nSPS) is 18.2. The van der Waals surface area contributed by atoms with Crippen molar-refractivity contribution in [3.05, 3.63) is 31.3 Å². The van der Waals surface area contributed by atoms with E-state index >= 15 is 0 Å². The van der Waals surface area contributed by atoms with E-state index in [9.17, 15) is 9.59 Å². The first-order valence-corrected chi connectivity index (χ1v) is 8.04. The number of nitrogens with zero attached hydrogens (tertiary/aromatic N) is 1. The fourth-order valence-corrected chi connectivity index (χ4v) is 4.14. The summed E-state index contributed by atoms with van der Waals surface area (Å²) in [6.07, 6.45) is -0.599. The lowest BCUT2D eigenvalue weighted by Crippen LogP contribution is -2.38. The standard InChI is InChI=1S/C14H15BrINO3/c1-7-11-9(5-8(15)6-10(11)16)12(18)17(7)13(19)20-14(2,3)4/h5-7H,1-4H3. The predicted molar refractivity (Wildman–Crippen MR) is 87.7 cm³/mol. The van der Waals surface area contributed by atoms with Gasteiger partial charge in [-0.25, -0.2) is 9.69 Å². The Labute approximate surface area is 140 Å². The van der Waals surface area contributed by atoms with Crippen LogP contribution in [0.3, 0.4) is 0 Å². The van der Waals surface area contributed by atoms with Gasteiger partial charge in [0.1, 0.15) is 5.60 Å². The lowest BCUT2D eigenvalue weighted by atomic mass is 10.1. The minimum atomic E-state index is -0.625. The summed E-state index contributed by atoms with van der Waals surface area (Å²) < 4.78 is 7.10. The van der Waals surface area contributed by atoms with Gasteiger partial charge in [0.05, 0.1) is 6.04 Å². The van der Waals surface area contributed by atoms with Crippen LogP contribution in [0.4, 0.5) is 4.79 Å². The molecule has 0 bridgehead atoms. The maximum Gasteiger partial charge on any atom is 0.417 e. The van der Waals surface area contributed by atoms with Gasteiger partial charge in [-0.1, -0.05) is 15.9 Å². The Hall–Kier alpha value is -0.630. The second-order valence-corrected chi connectivity index (χ2v) is 7.76. The van der Waals surface area contributed by atoms with Crippen molar-refractivity contribution in [3.8, 4) is 0 Å². The minimum absolute atomic E-state index is 0.305. The predicted octanol–water partition coefficient (Wildman–Crippen LogP) is 4.51. The fourth-order valence-electron chi connectivity index (χ4n) is 2.17. The largest absolute Gasteiger partial charge is 0.443 e. The Morgan fingerprint density at radius 2 is 2.00 bits per heavy atom. The summed E-state index contributed by atoms with van der Waals surface area (Å²) in [6, 6.07) is 3.37. The molecule has 1 aromatic carbocycles. The number of benzene rings is 1. The Bertz CT molecular complexity index is 595. The molecule has 1 aliphatic rings. The summed E-state index contributed by atoms with van der Waals surface area (Å²) in [7, 11) is 0. The van der Waals surface area contributed by atoms with Crippen LogP contribution in [-0.4, -0.2) is 22.5 Å². The molecule has 2 rings (SSSR count). The molecule has 4 nitrogen and oxygen atoms in total. The summed E-state index contributed by atoms with van der Waals surface area (Å²) in [5.41, 5.74) is 0.811. The van der Waals surface area contributed by atoms with Gasteiger partial charge in [0.2, 0.25) is 0 Å². The summed E-state index contributed by atoms with van der Waals surface area (Å²) in [5, 5.41) is 0. The molecular formula is C14H15BrINO3. The number of fused-ring (bicyclic) bond motifs is 1. The van der Waals surface area contributed by atoms with Gasteiger partial charge in [0, 0.05) is 19.2 Å². The van der Waals surface area contributed by atoms with Crippen molar-refractivity contribution in [1.29, 1.82) is 0 Å².